The molecular formula is C28H31Cl2N5O5. The number of fused-ring (bicyclic) bond motifs is 1. The Labute approximate surface area is 242 Å². The quantitative estimate of drug-likeness (QED) is 0.350. The van der Waals surface area contributed by atoms with E-state index in [2.05, 4.69) is 22.2 Å². The number of halogens is 2. The molecule has 2 aliphatic heterocycles. The van der Waals surface area contributed by atoms with Gasteiger partial charge >= 0.3 is 0 Å². The predicted molar refractivity (Wildman–Crippen MR) is 153 cm³/mol. The van der Waals surface area contributed by atoms with E-state index < -0.39 is 0 Å². The van der Waals surface area contributed by atoms with Gasteiger partial charge in [-0.1, -0.05) is 29.8 Å². The second-order valence-electron chi connectivity index (χ2n) is 9.74. The van der Waals surface area contributed by atoms with E-state index in [1.807, 2.05) is 6.07 Å². The summed E-state index contributed by atoms with van der Waals surface area (Å²) in [6.07, 6.45) is 5.25. The van der Waals surface area contributed by atoms with Gasteiger partial charge in [-0.25, -0.2) is 9.97 Å². The summed E-state index contributed by atoms with van der Waals surface area (Å²) in [5.74, 6) is 1.33. The Kier molecular flexibility index (Phi) is 8.90. The van der Waals surface area contributed by atoms with Gasteiger partial charge in [0.25, 0.3) is 0 Å². The van der Waals surface area contributed by atoms with E-state index in [1.165, 1.54) is 20.3 Å². The number of nitrogens with one attached hydrogen (secondary N) is 2. The lowest BCUT2D eigenvalue weighted by molar-refractivity contribution is -0.117. The Morgan fingerprint density at radius 1 is 1.07 bits per heavy atom. The van der Waals surface area contributed by atoms with Crippen molar-refractivity contribution in [3.05, 3.63) is 46.7 Å². The van der Waals surface area contributed by atoms with Gasteiger partial charge in [0.1, 0.15) is 11.5 Å². The lowest BCUT2D eigenvalue weighted by Crippen LogP contribution is -2.52. The average Bonchev–Trinajstić information content (AvgIpc) is 3.47. The van der Waals surface area contributed by atoms with Crippen LogP contribution in [0.1, 0.15) is 18.5 Å². The van der Waals surface area contributed by atoms with Crippen LogP contribution < -0.4 is 20.1 Å². The summed E-state index contributed by atoms with van der Waals surface area (Å²) in [6, 6.07) is 3.14. The number of pyridine rings is 1. The molecule has 1 amide bonds. The minimum atomic E-state index is -0.234. The molecule has 2 N–H and O–H groups in total. The maximum atomic E-state index is 12.0. The van der Waals surface area contributed by atoms with Gasteiger partial charge in [0, 0.05) is 43.0 Å². The third-order valence-electron chi connectivity index (χ3n) is 7.16. The molecule has 4 heterocycles. The van der Waals surface area contributed by atoms with Gasteiger partial charge in [-0.05, 0) is 37.3 Å². The van der Waals surface area contributed by atoms with Crippen molar-refractivity contribution in [1.29, 1.82) is 0 Å². The average molecular weight is 588 g/mol. The molecule has 0 radical (unpaired) electrons. The molecule has 10 nitrogen and oxygen atoms in total. The number of hydrogen-bond acceptors (Lipinski definition) is 9. The number of aromatic nitrogens is 3. The van der Waals surface area contributed by atoms with Crippen molar-refractivity contribution in [3.8, 4) is 22.8 Å². The molecule has 0 aliphatic carbocycles. The van der Waals surface area contributed by atoms with E-state index in [1.54, 1.807) is 12.3 Å². The van der Waals surface area contributed by atoms with Crippen molar-refractivity contribution in [2.45, 2.75) is 31.3 Å². The van der Waals surface area contributed by atoms with Crippen LogP contribution in [0.5, 0.6) is 11.5 Å². The summed E-state index contributed by atoms with van der Waals surface area (Å²) >= 11 is 13.5. The molecule has 5 rings (SSSR count). The van der Waals surface area contributed by atoms with E-state index in [4.69, 9.17) is 52.1 Å². The zero-order valence-electron chi connectivity index (χ0n) is 22.3. The summed E-state index contributed by atoms with van der Waals surface area (Å²) in [5.41, 5.74) is 2.55. The van der Waals surface area contributed by atoms with Crippen molar-refractivity contribution in [3.63, 3.8) is 0 Å². The predicted octanol–water partition coefficient (Wildman–Crippen LogP) is 4.47. The number of hydrogen-bond donors (Lipinski definition) is 2. The monoisotopic (exact) mass is 587 g/mol. The molecule has 3 aromatic rings. The van der Waals surface area contributed by atoms with Crippen LogP contribution in [0.4, 0.5) is 5.95 Å². The van der Waals surface area contributed by atoms with Gasteiger partial charge in [-0.2, -0.15) is 0 Å². The largest absolute Gasteiger partial charge is 0.495 e. The van der Waals surface area contributed by atoms with Gasteiger partial charge in [-0.3, -0.25) is 9.78 Å². The molecule has 12 heteroatoms. The SMILES string of the molecule is C=CC(=O)N[C@H]1CCOC[C@H]1Nc1ncc2cc(-c3c(Cl)c(OC)cc(OC)c3Cl)nc(CC3CCOC3)c2n1. The van der Waals surface area contributed by atoms with E-state index in [0.717, 1.165) is 17.5 Å². The van der Waals surface area contributed by atoms with E-state index in [0.29, 0.717) is 89.5 Å². The highest BCUT2D eigenvalue weighted by Crippen LogP contribution is 2.46. The molecule has 2 aromatic heterocycles. The Balaban J connectivity index is 1.56. The van der Waals surface area contributed by atoms with Crippen LogP contribution in [0.2, 0.25) is 10.0 Å². The number of rotatable bonds is 9. The van der Waals surface area contributed by atoms with E-state index >= 15 is 0 Å². The number of amides is 1. The first-order chi connectivity index (χ1) is 19.4. The zero-order chi connectivity index (χ0) is 28.2. The normalized spacial score (nSPS) is 20.8. The lowest BCUT2D eigenvalue weighted by Gasteiger charge is -2.32. The fraction of sp³-hybridized carbons (Fsp3) is 0.429. The third kappa shape index (κ3) is 5.95. The van der Waals surface area contributed by atoms with Crippen LogP contribution in [0.15, 0.2) is 31.0 Å². The summed E-state index contributed by atoms with van der Waals surface area (Å²) in [7, 11) is 3.07. The van der Waals surface area contributed by atoms with Gasteiger partial charge < -0.3 is 29.6 Å². The minimum Gasteiger partial charge on any atom is -0.495 e. The van der Waals surface area contributed by atoms with Crippen LogP contribution in [-0.4, -0.2) is 73.6 Å². The number of methoxy groups -OCH3 is 2. The van der Waals surface area contributed by atoms with Gasteiger partial charge in [0.05, 0.1) is 59.9 Å². The molecule has 1 aromatic carbocycles. The first kappa shape index (κ1) is 28.4. The summed E-state index contributed by atoms with van der Waals surface area (Å²) in [6.45, 7) is 5.88. The number of nitrogens with zero attached hydrogens (tertiary/aromatic N) is 3. The fourth-order valence-electron chi connectivity index (χ4n) is 5.03. The second kappa shape index (κ2) is 12.6. The highest BCUT2D eigenvalue weighted by molar-refractivity contribution is 6.41. The van der Waals surface area contributed by atoms with Gasteiger partial charge in [0.2, 0.25) is 11.9 Å². The van der Waals surface area contributed by atoms with Crippen molar-refractivity contribution in [1.82, 2.24) is 20.3 Å². The number of benzene rings is 1. The van der Waals surface area contributed by atoms with Crippen LogP contribution in [-0.2, 0) is 20.7 Å². The Hall–Kier alpha value is -3.18. The molecule has 0 bridgehead atoms. The molecule has 1 unspecified atom stereocenters. The maximum Gasteiger partial charge on any atom is 0.243 e. The second-order valence-corrected chi connectivity index (χ2v) is 10.5. The topological polar surface area (TPSA) is 117 Å². The number of carbonyl (C=O) groups excluding carboxylic acids is 1. The number of anilines is 1. The maximum absolute atomic E-state index is 12.0. The number of ether oxygens (including phenoxy) is 4. The van der Waals surface area contributed by atoms with Crippen LogP contribution >= 0.6 is 23.2 Å². The van der Waals surface area contributed by atoms with Crippen molar-refractivity contribution < 1.29 is 23.7 Å². The summed E-state index contributed by atoms with van der Waals surface area (Å²) in [5, 5.41) is 7.75. The fourth-order valence-corrected chi connectivity index (χ4v) is 5.73. The van der Waals surface area contributed by atoms with Crippen molar-refractivity contribution in [2.24, 2.45) is 5.92 Å². The third-order valence-corrected chi connectivity index (χ3v) is 7.91. The molecule has 0 spiro atoms. The lowest BCUT2D eigenvalue weighted by atomic mass is 9.99. The molecule has 2 saturated heterocycles. The minimum absolute atomic E-state index is 0.151. The zero-order valence-corrected chi connectivity index (χ0v) is 23.8. The molecule has 2 aliphatic rings. The summed E-state index contributed by atoms with van der Waals surface area (Å²) in [4.78, 5) is 26.4. The van der Waals surface area contributed by atoms with Crippen molar-refractivity contribution >= 4 is 46.0 Å². The smallest absolute Gasteiger partial charge is 0.243 e. The highest BCUT2D eigenvalue weighted by atomic mass is 35.5. The van der Waals surface area contributed by atoms with Crippen LogP contribution in [0, 0.1) is 5.92 Å². The molecule has 212 valence electrons. The van der Waals surface area contributed by atoms with E-state index in [-0.39, 0.29) is 18.0 Å². The van der Waals surface area contributed by atoms with Crippen LogP contribution in [0.3, 0.4) is 0 Å². The first-order valence-electron chi connectivity index (χ1n) is 13.0. The van der Waals surface area contributed by atoms with Crippen LogP contribution in [0.25, 0.3) is 22.2 Å². The standard InChI is InChI=1S/C28H31Cl2N5O5/c1-4-23(36)33-17-6-8-40-14-20(17)34-28-31-12-16-10-18(24-25(29)21(37-2)11-22(38-3)26(24)30)32-19(27(16)35-28)9-15-5-7-39-13-15/h4,10-12,15,17,20H,1,5-9,13-14H2,2-3H3,(H,33,36)(H,31,34,35)/t15?,17-,20+/m0/s1. The molecule has 3 atom stereocenters. The van der Waals surface area contributed by atoms with E-state index in [9.17, 15) is 4.79 Å². The summed E-state index contributed by atoms with van der Waals surface area (Å²) < 4.78 is 22.2. The number of carbonyl (C=O) groups is 1. The molecule has 0 saturated carbocycles. The first-order valence-corrected chi connectivity index (χ1v) is 13.8. The molecule has 2 fully saturated rings. The Morgan fingerprint density at radius 2 is 1.80 bits per heavy atom. The Bertz CT molecular complexity index is 1390. The Morgan fingerprint density at radius 3 is 2.48 bits per heavy atom. The van der Waals surface area contributed by atoms with Gasteiger partial charge in [0.15, 0.2) is 0 Å². The van der Waals surface area contributed by atoms with Crippen molar-refractivity contribution in [2.75, 3.05) is 46.0 Å². The molecule has 40 heavy (non-hydrogen) atoms. The highest BCUT2D eigenvalue weighted by Gasteiger charge is 2.28. The molecular weight excluding hydrogens is 557 g/mol. The van der Waals surface area contributed by atoms with Gasteiger partial charge in [-0.15, -0.1) is 0 Å².